The SMILES string of the molecule is COc1ccc(CNC(=O)c2ccccc2N=C(N)N=C(N)N)cc1. The van der Waals surface area contributed by atoms with Gasteiger partial charge in [0.05, 0.1) is 18.4 Å². The fourth-order valence-electron chi connectivity index (χ4n) is 2.06. The third kappa shape index (κ3) is 5.24. The van der Waals surface area contributed by atoms with Crippen molar-refractivity contribution in [2.75, 3.05) is 7.11 Å². The van der Waals surface area contributed by atoms with Crippen LogP contribution in [0.1, 0.15) is 15.9 Å². The Labute approximate surface area is 145 Å². The first kappa shape index (κ1) is 17.8. The molecule has 0 aliphatic carbocycles. The van der Waals surface area contributed by atoms with Gasteiger partial charge >= 0.3 is 0 Å². The van der Waals surface area contributed by atoms with Gasteiger partial charge in [0.1, 0.15) is 5.75 Å². The van der Waals surface area contributed by atoms with Crippen LogP contribution in [0.5, 0.6) is 5.75 Å². The van der Waals surface area contributed by atoms with Gasteiger partial charge in [0.2, 0.25) is 5.96 Å². The van der Waals surface area contributed by atoms with Crippen molar-refractivity contribution >= 4 is 23.5 Å². The van der Waals surface area contributed by atoms with E-state index in [4.69, 9.17) is 21.9 Å². The van der Waals surface area contributed by atoms with E-state index in [9.17, 15) is 4.79 Å². The molecule has 2 rings (SSSR count). The number of amides is 1. The normalized spacial score (nSPS) is 10.8. The van der Waals surface area contributed by atoms with Gasteiger partial charge < -0.3 is 27.3 Å². The lowest BCUT2D eigenvalue weighted by atomic mass is 10.1. The van der Waals surface area contributed by atoms with Crippen LogP contribution in [0.4, 0.5) is 5.69 Å². The average Bonchev–Trinajstić information content (AvgIpc) is 2.60. The number of hydrogen-bond acceptors (Lipinski definition) is 3. The summed E-state index contributed by atoms with van der Waals surface area (Å²) in [5.41, 5.74) is 17.8. The predicted octanol–water partition coefficient (Wildman–Crippen LogP) is 0.845. The average molecular weight is 340 g/mol. The molecule has 0 aliphatic rings. The summed E-state index contributed by atoms with van der Waals surface area (Å²) in [5, 5.41) is 2.83. The molecule has 8 nitrogen and oxygen atoms in total. The van der Waals surface area contributed by atoms with Gasteiger partial charge in [-0.15, -0.1) is 0 Å². The number of aliphatic imine (C=N–C) groups is 2. The Balaban J connectivity index is 2.12. The van der Waals surface area contributed by atoms with Crippen LogP contribution < -0.4 is 27.3 Å². The number of ether oxygens (including phenoxy) is 1. The summed E-state index contributed by atoms with van der Waals surface area (Å²) in [4.78, 5) is 20.1. The number of methoxy groups -OCH3 is 1. The molecule has 0 saturated carbocycles. The van der Waals surface area contributed by atoms with Crippen molar-refractivity contribution in [3.05, 3.63) is 59.7 Å². The summed E-state index contributed by atoms with van der Waals surface area (Å²) in [6, 6.07) is 14.2. The molecule has 0 unspecified atom stereocenters. The molecule has 0 heterocycles. The molecule has 0 saturated heterocycles. The smallest absolute Gasteiger partial charge is 0.253 e. The number of rotatable bonds is 5. The van der Waals surface area contributed by atoms with Gasteiger partial charge in [0, 0.05) is 6.54 Å². The monoisotopic (exact) mass is 340 g/mol. The molecule has 2 aromatic rings. The van der Waals surface area contributed by atoms with Crippen LogP contribution in [0, 0.1) is 0 Å². The number of benzene rings is 2. The number of carbonyl (C=O) groups is 1. The molecule has 0 fully saturated rings. The lowest BCUT2D eigenvalue weighted by Gasteiger charge is -2.08. The van der Waals surface area contributed by atoms with E-state index in [1.165, 1.54) is 0 Å². The van der Waals surface area contributed by atoms with Gasteiger partial charge in [-0.3, -0.25) is 4.79 Å². The molecule has 1 amide bonds. The van der Waals surface area contributed by atoms with Gasteiger partial charge in [-0.25, -0.2) is 4.99 Å². The highest BCUT2D eigenvalue weighted by Gasteiger charge is 2.10. The topological polar surface area (TPSA) is 141 Å². The maximum absolute atomic E-state index is 12.4. The second-order valence-electron chi connectivity index (χ2n) is 5.05. The fraction of sp³-hybridized carbons (Fsp3) is 0.118. The van der Waals surface area contributed by atoms with E-state index in [1.54, 1.807) is 31.4 Å². The summed E-state index contributed by atoms with van der Waals surface area (Å²) in [6.45, 7) is 0.365. The Hall–Kier alpha value is -3.55. The molecular formula is C17H20N6O2. The zero-order valence-electron chi connectivity index (χ0n) is 13.8. The molecular weight excluding hydrogens is 320 g/mol. The van der Waals surface area contributed by atoms with Crippen LogP contribution in [-0.2, 0) is 6.54 Å². The number of nitrogens with one attached hydrogen (secondary N) is 1. The number of nitrogens with zero attached hydrogens (tertiary/aromatic N) is 2. The van der Waals surface area contributed by atoms with Crippen molar-refractivity contribution in [1.82, 2.24) is 5.32 Å². The highest BCUT2D eigenvalue weighted by atomic mass is 16.5. The van der Waals surface area contributed by atoms with Crippen LogP contribution in [0.25, 0.3) is 0 Å². The molecule has 0 spiro atoms. The van der Waals surface area contributed by atoms with Crippen molar-refractivity contribution in [2.45, 2.75) is 6.54 Å². The first-order valence-electron chi connectivity index (χ1n) is 7.43. The van der Waals surface area contributed by atoms with Crippen LogP contribution in [0.2, 0.25) is 0 Å². The molecule has 0 bridgehead atoms. The first-order chi connectivity index (χ1) is 12.0. The van der Waals surface area contributed by atoms with E-state index in [-0.39, 0.29) is 17.8 Å². The molecule has 0 aliphatic heterocycles. The summed E-state index contributed by atoms with van der Waals surface area (Å²) >= 11 is 0. The van der Waals surface area contributed by atoms with Crippen molar-refractivity contribution in [1.29, 1.82) is 0 Å². The lowest BCUT2D eigenvalue weighted by Crippen LogP contribution is -2.26. The van der Waals surface area contributed by atoms with Gasteiger partial charge in [0.15, 0.2) is 5.96 Å². The molecule has 0 atom stereocenters. The van der Waals surface area contributed by atoms with Crippen molar-refractivity contribution < 1.29 is 9.53 Å². The van der Waals surface area contributed by atoms with E-state index in [2.05, 4.69) is 15.3 Å². The van der Waals surface area contributed by atoms with Crippen LogP contribution in [0.3, 0.4) is 0 Å². The summed E-state index contributed by atoms with van der Waals surface area (Å²) < 4.78 is 5.10. The van der Waals surface area contributed by atoms with Gasteiger partial charge in [0.25, 0.3) is 5.91 Å². The van der Waals surface area contributed by atoms with Crippen LogP contribution in [-0.4, -0.2) is 24.9 Å². The Morgan fingerprint density at radius 2 is 1.76 bits per heavy atom. The highest BCUT2D eigenvalue weighted by molar-refractivity contribution is 6.01. The van der Waals surface area contributed by atoms with E-state index in [1.807, 2.05) is 24.3 Å². The number of carbonyl (C=O) groups excluding carboxylic acids is 1. The van der Waals surface area contributed by atoms with Crippen LogP contribution in [0.15, 0.2) is 58.5 Å². The molecule has 130 valence electrons. The van der Waals surface area contributed by atoms with E-state index in [0.717, 1.165) is 11.3 Å². The van der Waals surface area contributed by atoms with Crippen LogP contribution >= 0.6 is 0 Å². The molecule has 2 aromatic carbocycles. The number of nitrogens with two attached hydrogens (primary N) is 3. The molecule has 25 heavy (non-hydrogen) atoms. The minimum Gasteiger partial charge on any atom is -0.497 e. The fourth-order valence-corrected chi connectivity index (χ4v) is 2.06. The number of hydrogen-bond donors (Lipinski definition) is 4. The largest absolute Gasteiger partial charge is 0.497 e. The Bertz CT molecular complexity index is 795. The predicted molar refractivity (Wildman–Crippen MR) is 97.7 cm³/mol. The minimum atomic E-state index is -0.285. The second kappa shape index (κ2) is 8.34. The third-order valence-electron chi connectivity index (χ3n) is 3.24. The highest BCUT2D eigenvalue weighted by Crippen LogP contribution is 2.19. The van der Waals surface area contributed by atoms with Crippen molar-refractivity contribution in [3.8, 4) is 5.75 Å². The molecule has 0 radical (unpaired) electrons. The lowest BCUT2D eigenvalue weighted by molar-refractivity contribution is 0.0951. The molecule has 8 heteroatoms. The Kier molecular flexibility index (Phi) is 5.94. The first-order valence-corrected chi connectivity index (χ1v) is 7.43. The zero-order chi connectivity index (χ0) is 18.2. The summed E-state index contributed by atoms with van der Waals surface area (Å²) in [5.74, 6) is 0.135. The Morgan fingerprint density at radius 1 is 1.08 bits per heavy atom. The second-order valence-corrected chi connectivity index (χ2v) is 5.05. The van der Waals surface area contributed by atoms with Crippen molar-refractivity contribution in [2.24, 2.45) is 27.2 Å². The quantitative estimate of drug-likeness (QED) is 0.471. The zero-order valence-corrected chi connectivity index (χ0v) is 13.8. The standard InChI is InChI=1S/C17H20N6O2/c1-25-12-8-6-11(7-9-12)10-21-15(24)13-4-2-3-5-14(13)22-17(20)23-16(18)19/h2-9H,10H2,1H3,(H,21,24)(H6,18,19,20,22,23). The minimum absolute atomic E-state index is 0.129. The van der Waals surface area contributed by atoms with E-state index >= 15 is 0 Å². The third-order valence-corrected chi connectivity index (χ3v) is 3.24. The number of para-hydroxylation sites is 1. The molecule has 7 N–H and O–H groups in total. The van der Waals surface area contributed by atoms with E-state index < -0.39 is 0 Å². The van der Waals surface area contributed by atoms with Gasteiger partial charge in [-0.1, -0.05) is 24.3 Å². The van der Waals surface area contributed by atoms with Crippen molar-refractivity contribution in [3.63, 3.8) is 0 Å². The maximum atomic E-state index is 12.4. The van der Waals surface area contributed by atoms with Gasteiger partial charge in [-0.2, -0.15) is 4.99 Å². The maximum Gasteiger partial charge on any atom is 0.253 e. The summed E-state index contributed by atoms with van der Waals surface area (Å²) in [6.07, 6.45) is 0. The molecule has 0 aromatic heterocycles. The van der Waals surface area contributed by atoms with Gasteiger partial charge in [-0.05, 0) is 29.8 Å². The number of guanidine groups is 2. The Morgan fingerprint density at radius 3 is 2.40 bits per heavy atom. The van der Waals surface area contributed by atoms with E-state index in [0.29, 0.717) is 17.8 Å². The summed E-state index contributed by atoms with van der Waals surface area (Å²) in [7, 11) is 1.60.